The summed E-state index contributed by atoms with van der Waals surface area (Å²) in [6.07, 6.45) is 1.85. The predicted molar refractivity (Wildman–Crippen MR) is 303 cm³/mol. The Labute approximate surface area is 475 Å². The van der Waals surface area contributed by atoms with Gasteiger partial charge in [0.25, 0.3) is 5.69 Å². The van der Waals surface area contributed by atoms with Gasteiger partial charge in [-0.3, -0.25) is 24.6 Å². The third-order valence-corrected chi connectivity index (χ3v) is 12.6. The van der Waals surface area contributed by atoms with Crippen molar-refractivity contribution in [2.24, 2.45) is 0 Å². The highest BCUT2D eigenvalue weighted by Crippen LogP contribution is 2.26. The number of ether oxygens (including phenoxy) is 12. The van der Waals surface area contributed by atoms with Crippen molar-refractivity contribution in [1.82, 2.24) is 20.0 Å². The normalized spacial score (nSPS) is 15.9. The summed E-state index contributed by atoms with van der Waals surface area (Å²) in [7, 11) is 6.87. The lowest BCUT2D eigenvalue weighted by Gasteiger charge is -2.32. The highest BCUT2D eigenvalue weighted by molar-refractivity contribution is 5.85. The van der Waals surface area contributed by atoms with Gasteiger partial charge in [-0.05, 0) is 31.0 Å². The van der Waals surface area contributed by atoms with Crippen molar-refractivity contribution in [2.45, 2.75) is 51.0 Å². The second-order valence-corrected chi connectivity index (χ2v) is 18.1. The van der Waals surface area contributed by atoms with Crippen molar-refractivity contribution in [1.29, 1.82) is 0 Å². The average molecular weight is 1140 g/mol. The monoisotopic (exact) mass is 1140 g/mol. The van der Waals surface area contributed by atoms with Gasteiger partial charge in [0.1, 0.15) is 6.04 Å². The molecule has 4 atom stereocenters. The quantitative estimate of drug-likeness (QED) is 0.0423. The lowest BCUT2D eigenvalue weighted by Crippen LogP contribution is -2.39. The largest absolute Gasteiger partial charge is 0.382 e. The number of hydrogen-bond acceptors (Lipinski definition) is 18. The second-order valence-electron chi connectivity index (χ2n) is 18.1. The van der Waals surface area contributed by atoms with Crippen LogP contribution in [-0.2, 0) is 72.9 Å². The van der Waals surface area contributed by atoms with Crippen LogP contribution in [0.5, 0.6) is 0 Å². The average Bonchev–Trinajstić information content (AvgIpc) is 4.14. The molecule has 2 fully saturated rings. The molecular weight excluding hydrogens is 1050 g/mol. The molecule has 2 aliphatic rings. The first kappa shape index (κ1) is 70.8. The molecule has 0 saturated carbocycles. The van der Waals surface area contributed by atoms with Crippen molar-refractivity contribution >= 4 is 29.9 Å². The number of nitro benzene ring substituents is 1. The Morgan fingerprint density at radius 1 is 0.595 bits per heavy atom. The fourth-order valence-electron chi connectivity index (χ4n) is 8.45. The third-order valence-electron chi connectivity index (χ3n) is 12.6. The minimum absolute atomic E-state index is 0. The van der Waals surface area contributed by atoms with Crippen LogP contribution in [0, 0.1) is 10.1 Å². The van der Waals surface area contributed by atoms with Gasteiger partial charge in [-0.1, -0.05) is 86.3 Å². The first-order valence-corrected chi connectivity index (χ1v) is 26.8. The fraction of sp³-hybridized carbons (Fsp3) is 0.649. The van der Waals surface area contributed by atoms with E-state index in [0.717, 1.165) is 37.1 Å². The van der Waals surface area contributed by atoms with Crippen LogP contribution in [0.15, 0.2) is 84.9 Å². The molecule has 0 bridgehead atoms. The lowest BCUT2D eigenvalue weighted by atomic mass is 10.0. The standard InChI is InChI=1S/C32H47N3O9.C24H40N2O7.CH4.ClH/c1-33(32(36)24-28-10-6-7-11-30(28)35(37)38)31(27-8-4-3-5-9-27)26-34-13-12-29(25-34)44-23-22-43-21-20-42-19-18-41-17-16-40-15-14-39-2;1-25-23(21-6-4-3-5-7-21)24(27)26-9-8-22(20-26)33-19-18-32-17-16-31-15-14-30-13-12-29-11-10-28-2;;/h3-11,29,31H,12-26H2,1-2H3;3-7,22-23,25H,8-20H2,1-2H3;1H4;1H/t29-,31+;22-,23-;;/m00../s1. The Balaban J connectivity index is 0.000000548. The van der Waals surface area contributed by atoms with Crippen molar-refractivity contribution in [2.75, 3.05) is 193 Å². The van der Waals surface area contributed by atoms with Crippen LogP contribution >= 0.6 is 12.4 Å². The van der Waals surface area contributed by atoms with Crippen LogP contribution in [0.2, 0.25) is 0 Å². The van der Waals surface area contributed by atoms with Crippen LogP contribution in [0.4, 0.5) is 5.69 Å². The zero-order chi connectivity index (χ0) is 55.0. The summed E-state index contributed by atoms with van der Waals surface area (Å²) in [6.45, 7) is 14.2. The molecule has 2 amide bonds. The molecule has 448 valence electrons. The summed E-state index contributed by atoms with van der Waals surface area (Å²) < 4.78 is 65.4. The number of hydrogen-bond donors (Lipinski definition) is 1. The fourth-order valence-corrected chi connectivity index (χ4v) is 8.45. The number of benzene rings is 3. The molecule has 21 nitrogen and oxygen atoms in total. The van der Waals surface area contributed by atoms with Gasteiger partial charge in [0.05, 0.1) is 162 Å². The van der Waals surface area contributed by atoms with Crippen LogP contribution in [0.1, 0.15) is 49.0 Å². The Bertz CT molecular complexity index is 1990. The number of likely N-dealkylation sites (N-methyl/N-ethyl adjacent to an activating group) is 2. The molecule has 2 heterocycles. The maximum absolute atomic E-state index is 13.3. The summed E-state index contributed by atoms with van der Waals surface area (Å²) in [6, 6.07) is 25.5. The van der Waals surface area contributed by atoms with Gasteiger partial charge in [0, 0.05) is 65.6 Å². The van der Waals surface area contributed by atoms with E-state index in [9.17, 15) is 19.7 Å². The minimum Gasteiger partial charge on any atom is -0.382 e. The van der Waals surface area contributed by atoms with Gasteiger partial charge < -0.3 is 72.0 Å². The van der Waals surface area contributed by atoms with Gasteiger partial charge in [0.15, 0.2) is 0 Å². The van der Waals surface area contributed by atoms with E-state index in [1.165, 1.54) is 6.07 Å². The molecule has 0 aliphatic carbocycles. The van der Waals surface area contributed by atoms with E-state index in [2.05, 4.69) is 10.2 Å². The van der Waals surface area contributed by atoms with Crippen LogP contribution in [0.3, 0.4) is 0 Å². The van der Waals surface area contributed by atoms with Gasteiger partial charge >= 0.3 is 0 Å². The molecule has 0 unspecified atom stereocenters. The van der Waals surface area contributed by atoms with Crippen LogP contribution in [-0.4, -0.2) is 237 Å². The van der Waals surface area contributed by atoms with Crippen molar-refractivity contribution < 1.29 is 71.4 Å². The number of halogens is 1. The third kappa shape index (κ3) is 29.9. The van der Waals surface area contributed by atoms with Crippen molar-refractivity contribution in [3.8, 4) is 0 Å². The lowest BCUT2D eigenvalue weighted by molar-refractivity contribution is -0.385. The molecule has 79 heavy (non-hydrogen) atoms. The van der Waals surface area contributed by atoms with Crippen LogP contribution < -0.4 is 5.32 Å². The topological polar surface area (TPSA) is 210 Å². The zero-order valence-electron chi connectivity index (χ0n) is 46.4. The number of carbonyl (C=O) groups is 2. The number of nitrogens with zero attached hydrogens (tertiary/aromatic N) is 4. The number of rotatable bonds is 42. The van der Waals surface area contributed by atoms with E-state index in [1.54, 1.807) is 44.4 Å². The summed E-state index contributed by atoms with van der Waals surface area (Å²) in [5.41, 5.74) is 2.37. The molecule has 22 heteroatoms. The number of likely N-dealkylation sites (tertiary alicyclic amines) is 2. The van der Waals surface area contributed by atoms with E-state index in [0.29, 0.717) is 157 Å². The van der Waals surface area contributed by atoms with E-state index in [4.69, 9.17) is 56.8 Å². The summed E-state index contributed by atoms with van der Waals surface area (Å²) in [4.78, 5) is 43.1. The van der Waals surface area contributed by atoms with Crippen molar-refractivity contribution in [3.63, 3.8) is 0 Å². The Morgan fingerprint density at radius 2 is 1.00 bits per heavy atom. The van der Waals surface area contributed by atoms with E-state index >= 15 is 0 Å². The van der Waals surface area contributed by atoms with Gasteiger partial charge in [-0.25, -0.2) is 0 Å². The SMILES string of the molecule is C.CN[C@H](C(=O)N1CC[C@H](OCCOCCOCCOCCOCCOC)C1)c1ccccc1.COCCOCCOCCOCCOCCO[C@H]1CCN(C[C@H](c2ccccc2)N(C)C(=O)Cc2ccccc2[N+](=O)[O-])C1.Cl. The number of nitrogens with one attached hydrogen (secondary N) is 1. The highest BCUT2D eigenvalue weighted by atomic mass is 35.5. The zero-order valence-corrected chi connectivity index (χ0v) is 47.2. The molecular formula is C57H92ClN5O16. The minimum atomic E-state index is -0.442. The predicted octanol–water partition coefficient (Wildman–Crippen LogP) is 5.48. The molecule has 0 radical (unpaired) electrons. The number of amides is 2. The number of para-hydroxylation sites is 1. The van der Waals surface area contributed by atoms with Crippen LogP contribution in [0.25, 0.3) is 0 Å². The summed E-state index contributed by atoms with van der Waals surface area (Å²) in [5, 5.41) is 14.6. The molecule has 3 aromatic rings. The maximum atomic E-state index is 13.3. The Kier molecular flexibility index (Phi) is 40.7. The van der Waals surface area contributed by atoms with E-state index in [-0.39, 0.29) is 68.0 Å². The smallest absolute Gasteiger partial charge is 0.273 e. The number of carbonyl (C=O) groups excluding carboxylic acids is 2. The first-order valence-electron chi connectivity index (χ1n) is 26.8. The second kappa shape index (κ2) is 45.4. The maximum Gasteiger partial charge on any atom is 0.273 e. The molecule has 2 saturated heterocycles. The Hall–Kier alpha value is -4.27. The summed E-state index contributed by atoms with van der Waals surface area (Å²) >= 11 is 0. The van der Waals surface area contributed by atoms with Crippen molar-refractivity contribution in [3.05, 3.63) is 112 Å². The van der Waals surface area contributed by atoms with E-state index < -0.39 is 4.92 Å². The van der Waals surface area contributed by atoms with Gasteiger partial charge in [0.2, 0.25) is 11.8 Å². The van der Waals surface area contributed by atoms with Gasteiger partial charge in [-0.15, -0.1) is 12.4 Å². The molecule has 0 aromatic heterocycles. The first-order chi connectivity index (χ1) is 37.7. The number of nitro groups is 1. The molecule has 0 spiro atoms. The van der Waals surface area contributed by atoms with Gasteiger partial charge in [-0.2, -0.15) is 0 Å². The van der Waals surface area contributed by atoms with E-state index in [1.807, 2.05) is 72.6 Å². The Morgan fingerprint density at radius 3 is 1.46 bits per heavy atom. The molecule has 2 aliphatic heterocycles. The highest BCUT2D eigenvalue weighted by Gasteiger charge is 2.32. The number of methoxy groups -OCH3 is 2. The molecule has 5 rings (SSSR count). The molecule has 1 N–H and O–H groups in total. The summed E-state index contributed by atoms with van der Waals surface area (Å²) in [5.74, 6) is -0.0806. The molecule has 3 aromatic carbocycles.